The van der Waals surface area contributed by atoms with Crippen molar-refractivity contribution in [3.05, 3.63) is 87.8 Å². The van der Waals surface area contributed by atoms with Crippen LogP contribution in [0.4, 0.5) is 4.39 Å². The van der Waals surface area contributed by atoms with Gasteiger partial charge in [-0.05, 0) is 61.9 Å². The Morgan fingerprint density at radius 2 is 1.91 bits per heavy atom. The van der Waals surface area contributed by atoms with E-state index in [9.17, 15) is 14.3 Å². The van der Waals surface area contributed by atoms with Crippen molar-refractivity contribution in [1.82, 2.24) is 4.98 Å². The fourth-order valence-electron chi connectivity index (χ4n) is 4.86. The van der Waals surface area contributed by atoms with Gasteiger partial charge in [-0.25, -0.2) is 9.37 Å². The van der Waals surface area contributed by atoms with E-state index in [1.165, 1.54) is 17.9 Å². The van der Waals surface area contributed by atoms with Crippen LogP contribution >= 0.6 is 0 Å². The van der Waals surface area contributed by atoms with Gasteiger partial charge in [-0.3, -0.25) is 4.79 Å². The number of Topliss-reactive ketones (excluding diaryl/α,β-unsaturated/α-hetero) is 1. The summed E-state index contributed by atoms with van der Waals surface area (Å²) in [5.41, 5.74) is 5.88. The van der Waals surface area contributed by atoms with Gasteiger partial charge >= 0.3 is 0 Å². The Balaban J connectivity index is 1.49. The molecule has 4 rings (SSSR count). The van der Waals surface area contributed by atoms with E-state index >= 15 is 0 Å². The Kier molecular flexibility index (Phi) is 7.15. The molecule has 0 radical (unpaired) electrons. The van der Waals surface area contributed by atoms with Crippen LogP contribution in [-0.4, -0.2) is 21.6 Å². The lowest BCUT2D eigenvalue weighted by molar-refractivity contribution is -0.116. The van der Waals surface area contributed by atoms with Gasteiger partial charge in [0.05, 0.1) is 16.8 Å². The Bertz CT molecular complexity index is 1300. The zero-order valence-electron chi connectivity index (χ0n) is 20.4. The number of aliphatic hydroxyl groups excluding tert-OH is 1. The van der Waals surface area contributed by atoms with Crippen molar-refractivity contribution in [2.45, 2.75) is 59.5 Å². The van der Waals surface area contributed by atoms with E-state index in [1.807, 2.05) is 20.8 Å². The summed E-state index contributed by atoms with van der Waals surface area (Å²) in [6, 6.07) is 10.4. The highest BCUT2D eigenvalue weighted by Crippen LogP contribution is 2.37. The molecule has 35 heavy (non-hydrogen) atoms. The number of nitrogens with zero attached hydrogens (tertiary/aromatic N) is 2. The van der Waals surface area contributed by atoms with Gasteiger partial charge in [0.2, 0.25) is 5.89 Å². The molecule has 1 heterocycles. The first-order chi connectivity index (χ1) is 16.8. The van der Waals surface area contributed by atoms with Crippen LogP contribution in [0.15, 0.2) is 63.6 Å². The maximum atomic E-state index is 14.0. The minimum absolute atomic E-state index is 0.0198. The third kappa shape index (κ3) is 5.19. The largest absolute Gasteiger partial charge is 0.511 e. The minimum atomic E-state index is -0.430. The van der Waals surface area contributed by atoms with Crippen molar-refractivity contribution in [2.24, 2.45) is 5.16 Å². The number of aliphatic hydroxyl groups is 1. The third-order valence-corrected chi connectivity index (χ3v) is 6.25. The fraction of sp³-hybridized carbons (Fsp3) is 0.321. The molecule has 3 aromatic rings. The van der Waals surface area contributed by atoms with Crippen molar-refractivity contribution in [1.29, 1.82) is 0 Å². The average Bonchev–Trinajstić information content (AvgIpc) is 3.26. The maximum Gasteiger partial charge on any atom is 0.229 e. The molecule has 0 bridgehead atoms. The molecule has 7 heteroatoms. The lowest BCUT2D eigenvalue weighted by Crippen LogP contribution is -2.24. The molecule has 0 aliphatic heterocycles. The molecule has 1 aliphatic rings. The second kappa shape index (κ2) is 10.3. The summed E-state index contributed by atoms with van der Waals surface area (Å²) in [6.45, 7) is 7.97. The Morgan fingerprint density at radius 3 is 2.57 bits per heavy atom. The van der Waals surface area contributed by atoms with Crippen LogP contribution in [0.5, 0.6) is 0 Å². The van der Waals surface area contributed by atoms with E-state index < -0.39 is 5.82 Å². The number of oxime groups is 1. The molecule has 0 saturated carbocycles. The number of ketones is 1. The molecular weight excluding hydrogens is 447 g/mol. The number of aryl methyl sites for hydroxylation is 3. The molecule has 6 nitrogen and oxygen atoms in total. The van der Waals surface area contributed by atoms with Gasteiger partial charge in [-0.15, -0.1) is 0 Å². The number of aromatic nitrogens is 1. The van der Waals surface area contributed by atoms with Crippen molar-refractivity contribution in [3.8, 4) is 11.5 Å². The number of halogens is 1. The fourth-order valence-corrected chi connectivity index (χ4v) is 4.86. The van der Waals surface area contributed by atoms with Crippen molar-refractivity contribution in [3.63, 3.8) is 0 Å². The molecule has 0 fully saturated rings. The van der Waals surface area contributed by atoms with Crippen LogP contribution in [-0.2, 0) is 16.2 Å². The topological polar surface area (TPSA) is 84.9 Å². The van der Waals surface area contributed by atoms with Crippen molar-refractivity contribution >= 4 is 11.5 Å². The predicted octanol–water partition coefficient (Wildman–Crippen LogP) is 6.65. The van der Waals surface area contributed by atoms with Crippen LogP contribution < -0.4 is 0 Å². The van der Waals surface area contributed by atoms with E-state index in [0.29, 0.717) is 30.7 Å². The monoisotopic (exact) mass is 476 g/mol. The van der Waals surface area contributed by atoms with Crippen LogP contribution in [0.25, 0.3) is 11.5 Å². The number of benzene rings is 2. The van der Waals surface area contributed by atoms with Crippen LogP contribution in [0.1, 0.15) is 60.1 Å². The van der Waals surface area contributed by atoms with Crippen molar-refractivity contribution in [2.75, 3.05) is 0 Å². The van der Waals surface area contributed by atoms with Gasteiger partial charge in [0.25, 0.3) is 0 Å². The summed E-state index contributed by atoms with van der Waals surface area (Å²) in [6.07, 6.45) is 2.47. The highest BCUT2D eigenvalue weighted by Gasteiger charge is 2.32. The van der Waals surface area contributed by atoms with E-state index in [-0.39, 0.29) is 41.1 Å². The normalized spacial score (nSPS) is 16.7. The van der Waals surface area contributed by atoms with Gasteiger partial charge < -0.3 is 14.4 Å². The Labute approximate surface area is 204 Å². The van der Waals surface area contributed by atoms with Gasteiger partial charge in [0.1, 0.15) is 23.5 Å². The van der Waals surface area contributed by atoms with E-state index in [2.05, 4.69) is 29.2 Å². The first kappa shape index (κ1) is 24.4. The van der Waals surface area contributed by atoms with Crippen LogP contribution in [0, 0.1) is 26.6 Å². The number of carbonyl (C=O) groups excluding carboxylic acids is 1. The third-order valence-electron chi connectivity index (χ3n) is 6.25. The van der Waals surface area contributed by atoms with Gasteiger partial charge in [0, 0.05) is 12.8 Å². The summed E-state index contributed by atoms with van der Waals surface area (Å²) in [4.78, 5) is 22.8. The van der Waals surface area contributed by atoms with Gasteiger partial charge in [-0.1, -0.05) is 41.9 Å². The Hall–Kier alpha value is -3.74. The smallest absolute Gasteiger partial charge is 0.229 e. The Morgan fingerprint density at radius 1 is 1.20 bits per heavy atom. The lowest BCUT2D eigenvalue weighted by Gasteiger charge is -2.27. The molecule has 1 aromatic heterocycles. The molecule has 0 spiro atoms. The van der Waals surface area contributed by atoms with Crippen LogP contribution in [0.3, 0.4) is 0 Å². The summed E-state index contributed by atoms with van der Waals surface area (Å²) in [7, 11) is 0. The van der Waals surface area contributed by atoms with Crippen molar-refractivity contribution < 1.29 is 23.5 Å². The molecule has 0 saturated heterocycles. The zero-order valence-corrected chi connectivity index (χ0v) is 20.4. The number of oxazole rings is 1. The SMILES string of the molecule is CC/C(=N\OCc1coc(-c2ccccc2F)n1)C1=C(O)CC(c2c(C)cc(C)cc2C)CC1=O. The van der Waals surface area contributed by atoms with E-state index in [4.69, 9.17) is 9.25 Å². The second-order valence-electron chi connectivity index (χ2n) is 8.95. The number of hydrogen-bond acceptors (Lipinski definition) is 6. The van der Waals surface area contributed by atoms with Gasteiger partial charge in [-0.2, -0.15) is 0 Å². The molecular formula is C28H29FN2O4. The summed E-state index contributed by atoms with van der Waals surface area (Å²) in [5.74, 6) is -0.459. The van der Waals surface area contributed by atoms with E-state index in [1.54, 1.807) is 18.2 Å². The average molecular weight is 477 g/mol. The first-order valence-corrected chi connectivity index (χ1v) is 11.7. The molecule has 182 valence electrons. The maximum absolute atomic E-state index is 14.0. The lowest BCUT2D eigenvalue weighted by atomic mass is 9.78. The molecule has 1 atom stereocenters. The number of carbonyl (C=O) groups is 1. The summed E-state index contributed by atoms with van der Waals surface area (Å²) in [5, 5.41) is 15.0. The predicted molar refractivity (Wildman–Crippen MR) is 132 cm³/mol. The molecule has 1 unspecified atom stereocenters. The zero-order chi connectivity index (χ0) is 25.1. The molecule has 0 amide bonds. The first-order valence-electron chi connectivity index (χ1n) is 11.7. The minimum Gasteiger partial charge on any atom is -0.511 e. The number of rotatable bonds is 7. The van der Waals surface area contributed by atoms with E-state index in [0.717, 1.165) is 16.7 Å². The second-order valence-corrected chi connectivity index (χ2v) is 8.95. The molecule has 1 N–H and O–H groups in total. The van der Waals surface area contributed by atoms with Crippen LogP contribution in [0.2, 0.25) is 0 Å². The molecule has 1 aliphatic carbocycles. The molecule has 2 aromatic carbocycles. The number of allylic oxidation sites excluding steroid dienone is 2. The summed E-state index contributed by atoms with van der Waals surface area (Å²) < 4.78 is 19.3. The quantitative estimate of drug-likeness (QED) is 0.305. The van der Waals surface area contributed by atoms with Gasteiger partial charge in [0.15, 0.2) is 12.4 Å². The highest BCUT2D eigenvalue weighted by atomic mass is 19.1. The number of hydrogen-bond donors (Lipinski definition) is 1. The standard InChI is InChI=1S/C28H29FN2O4/c1-5-23(31-35-15-20-14-34-28(30-20)21-8-6-7-9-22(21)29)27-24(32)12-19(13-25(27)33)26-17(3)10-16(2)11-18(26)4/h6-11,14,19,32H,5,12-13,15H2,1-4H3/b31-23+. The highest BCUT2D eigenvalue weighted by molar-refractivity contribution is 6.23. The summed E-state index contributed by atoms with van der Waals surface area (Å²) >= 11 is 0.